The molecule has 176 valence electrons. The van der Waals surface area contributed by atoms with Gasteiger partial charge in [-0.1, -0.05) is 68.8 Å². The first kappa shape index (κ1) is 24.4. The van der Waals surface area contributed by atoms with Crippen LogP contribution in [0.25, 0.3) is 0 Å². The number of hydrogen-bond donors (Lipinski definition) is 0. The average molecular weight is 508 g/mol. The number of benzene rings is 2. The van der Waals surface area contributed by atoms with E-state index < -0.39 is 18.0 Å². The number of thioether (sulfide) groups is 1. The molecule has 0 bridgehead atoms. The van der Waals surface area contributed by atoms with Gasteiger partial charge < -0.3 is 9.64 Å². The van der Waals surface area contributed by atoms with E-state index in [0.29, 0.717) is 16.5 Å². The van der Waals surface area contributed by atoms with Gasteiger partial charge in [0.2, 0.25) is 0 Å². The standard InChI is InChI=1S/C26H28Cl2FNO2S/c1-15-25(31)30(22(16-8-9-16)14-33-26(2,3)4)23(17-10-11-20(28)21(29)13-17)24(32-15)18-6-5-7-19(27)12-18/h5-7,10-13,16,22-24H,1,8-9,14H2,2-4H3. The van der Waals surface area contributed by atoms with Crippen LogP contribution in [0.5, 0.6) is 0 Å². The molecule has 1 heterocycles. The molecule has 7 heteroatoms. The fraction of sp³-hybridized carbons (Fsp3) is 0.423. The quantitative estimate of drug-likeness (QED) is 0.377. The normalized spacial score (nSPS) is 22.3. The van der Waals surface area contributed by atoms with Gasteiger partial charge in [0.05, 0.1) is 11.1 Å². The summed E-state index contributed by atoms with van der Waals surface area (Å²) in [7, 11) is 0. The number of carbonyl (C=O) groups is 1. The van der Waals surface area contributed by atoms with Crippen LogP contribution in [-0.4, -0.2) is 27.3 Å². The van der Waals surface area contributed by atoms with Crippen molar-refractivity contribution in [1.82, 2.24) is 4.90 Å². The number of rotatable bonds is 6. The Bertz CT molecular complexity index is 1070. The second-order valence-corrected chi connectivity index (χ2v) is 12.4. The number of amides is 1. The van der Waals surface area contributed by atoms with Crippen LogP contribution in [0.3, 0.4) is 0 Å². The summed E-state index contributed by atoms with van der Waals surface area (Å²) < 4.78 is 20.7. The molecule has 2 aromatic rings. The lowest BCUT2D eigenvalue weighted by Gasteiger charge is -2.46. The fourth-order valence-corrected chi connectivity index (χ4v) is 5.69. The summed E-state index contributed by atoms with van der Waals surface area (Å²) in [5, 5.41) is 0.604. The fourth-order valence-electron chi connectivity index (χ4n) is 4.27. The number of hydrogen-bond acceptors (Lipinski definition) is 3. The van der Waals surface area contributed by atoms with Crippen LogP contribution in [0.1, 0.15) is 56.9 Å². The molecular formula is C26H28Cl2FNO2S. The molecule has 33 heavy (non-hydrogen) atoms. The molecule has 2 aromatic carbocycles. The van der Waals surface area contributed by atoms with Gasteiger partial charge in [-0.15, -0.1) is 0 Å². The summed E-state index contributed by atoms with van der Waals surface area (Å²) >= 11 is 14.1. The Morgan fingerprint density at radius 1 is 1.18 bits per heavy atom. The van der Waals surface area contributed by atoms with E-state index in [9.17, 15) is 9.18 Å². The van der Waals surface area contributed by atoms with Crippen LogP contribution < -0.4 is 0 Å². The Labute approximate surface area is 209 Å². The molecular weight excluding hydrogens is 480 g/mol. The summed E-state index contributed by atoms with van der Waals surface area (Å²) in [5.41, 5.74) is 1.44. The van der Waals surface area contributed by atoms with Crippen molar-refractivity contribution in [2.45, 2.75) is 56.5 Å². The molecule has 1 saturated heterocycles. The van der Waals surface area contributed by atoms with E-state index in [1.165, 1.54) is 12.1 Å². The molecule has 2 fully saturated rings. The lowest BCUT2D eigenvalue weighted by molar-refractivity contribution is -0.151. The van der Waals surface area contributed by atoms with Crippen molar-refractivity contribution in [3.8, 4) is 0 Å². The minimum Gasteiger partial charge on any atom is -0.478 e. The van der Waals surface area contributed by atoms with E-state index in [2.05, 4.69) is 27.4 Å². The third-order valence-corrected chi connectivity index (χ3v) is 7.92. The van der Waals surface area contributed by atoms with Crippen molar-refractivity contribution in [1.29, 1.82) is 0 Å². The molecule has 3 nitrogen and oxygen atoms in total. The largest absolute Gasteiger partial charge is 0.478 e. The van der Waals surface area contributed by atoms with E-state index >= 15 is 0 Å². The molecule has 3 unspecified atom stereocenters. The second-order valence-electron chi connectivity index (χ2n) is 9.68. The summed E-state index contributed by atoms with van der Waals surface area (Å²) in [6.07, 6.45) is 1.56. The van der Waals surface area contributed by atoms with Gasteiger partial charge in [0.1, 0.15) is 11.9 Å². The number of halogens is 3. The Morgan fingerprint density at radius 3 is 2.52 bits per heavy atom. The van der Waals surface area contributed by atoms with Gasteiger partial charge in [-0.05, 0) is 54.2 Å². The Morgan fingerprint density at radius 2 is 1.91 bits per heavy atom. The highest BCUT2D eigenvalue weighted by Crippen LogP contribution is 2.49. The Kier molecular flexibility index (Phi) is 7.05. The predicted molar refractivity (Wildman–Crippen MR) is 134 cm³/mol. The summed E-state index contributed by atoms with van der Waals surface area (Å²) in [6.45, 7) is 10.4. The number of carbonyl (C=O) groups excluding carboxylic acids is 1. The highest BCUT2D eigenvalue weighted by atomic mass is 35.5. The molecule has 1 amide bonds. The second kappa shape index (κ2) is 9.52. The van der Waals surface area contributed by atoms with E-state index in [1.807, 2.05) is 34.9 Å². The average Bonchev–Trinajstić information content (AvgIpc) is 3.57. The van der Waals surface area contributed by atoms with Crippen LogP contribution in [0, 0.1) is 11.7 Å². The maximum Gasteiger partial charge on any atom is 0.289 e. The predicted octanol–water partition coefficient (Wildman–Crippen LogP) is 7.60. The van der Waals surface area contributed by atoms with Crippen molar-refractivity contribution in [3.63, 3.8) is 0 Å². The van der Waals surface area contributed by atoms with Crippen LogP contribution in [-0.2, 0) is 9.53 Å². The zero-order valence-electron chi connectivity index (χ0n) is 19.0. The molecule has 0 spiro atoms. The van der Waals surface area contributed by atoms with Gasteiger partial charge in [-0.2, -0.15) is 11.8 Å². The molecule has 1 saturated carbocycles. The van der Waals surface area contributed by atoms with Gasteiger partial charge in [0, 0.05) is 21.6 Å². The van der Waals surface area contributed by atoms with Gasteiger partial charge in [0.25, 0.3) is 5.91 Å². The van der Waals surface area contributed by atoms with Crippen molar-refractivity contribution in [2.75, 3.05) is 5.75 Å². The van der Waals surface area contributed by atoms with E-state index in [1.54, 1.807) is 12.1 Å². The first-order valence-electron chi connectivity index (χ1n) is 11.1. The Hall–Kier alpha value is -1.69. The molecule has 0 aromatic heterocycles. The summed E-state index contributed by atoms with van der Waals surface area (Å²) in [4.78, 5) is 15.4. The first-order chi connectivity index (χ1) is 15.5. The molecule has 2 aliphatic rings. The van der Waals surface area contributed by atoms with Crippen LogP contribution >= 0.6 is 35.0 Å². The molecule has 1 aliphatic carbocycles. The lowest BCUT2D eigenvalue weighted by atomic mass is 9.90. The van der Waals surface area contributed by atoms with Crippen molar-refractivity contribution in [2.24, 2.45) is 5.92 Å². The minimum absolute atomic E-state index is 0.0206. The lowest BCUT2D eigenvalue weighted by Crippen LogP contribution is -2.51. The van der Waals surface area contributed by atoms with E-state index in [-0.39, 0.29) is 27.5 Å². The minimum atomic E-state index is -0.574. The zero-order chi connectivity index (χ0) is 23.9. The molecule has 0 N–H and O–H groups in total. The molecule has 1 aliphatic heterocycles. The van der Waals surface area contributed by atoms with Crippen molar-refractivity contribution in [3.05, 3.63) is 81.8 Å². The van der Waals surface area contributed by atoms with Crippen LogP contribution in [0.2, 0.25) is 10.0 Å². The third-order valence-electron chi connectivity index (χ3n) is 6.00. The maximum atomic E-state index is 14.6. The monoisotopic (exact) mass is 507 g/mol. The SMILES string of the molecule is C=C1OC(c2cccc(Cl)c2)C(c2ccc(Cl)c(F)c2)N(C(CSC(C)(C)C)C2CC2)C1=O. The van der Waals surface area contributed by atoms with Gasteiger partial charge >= 0.3 is 0 Å². The van der Waals surface area contributed by atoms with Crippen molar-refractivity contribution < 1.29 is 13.9 Å². The zero-order valence-corrected chi connectivity index (χ0v) is 21.3. The molecule has 4 rings (SSSR count). The molecule has 3 atom stereocenters. The number of ether oxygens (including phenoxy) is 1. The van der Waals surface area contributed by atoms with Crippen LogP contribution in [0.4, 0.5) is 4.39 Å². The highest BCUT2D eigenvalue weighted by Gasteiger charge is 2.48. The summed E-state index contributed by atoms with van der Waals surface area (Å²) in [5.74, 6) is 0.497. The topological polar surface area (TPSA) is 29.5 Å². The first-order valence-corrected chi connectivity index (χ1v) is 12.8. The van der Waals surface area contributed by atoms with E-state index in [4.69, 9.17) is 27.9 Å². The van der Waals surface area contributed by atoms with Crippen molar-refractivity contribution >= 4 is 40.9 Å². The smallest absolute Gasteiger partial charge is 0.289 e. The highest BCUT2D eigenvalue weighted by molar-refractivity contribution is 8.00. The van der Waals surface area contributed by atoms with Gasteiger partial charge in [-0.3, -0.25) is 4.79 Å². The third kappa shape index (κ3) is 5.52. The number of morpholine rings is 1. The maximum absolute atomic E-state index is 14.6. The van der Waals surface area contributed by atoms with Crippen LogP contribution in [0.15, 0.2) is 54.8 Å². The van der Waals surface area contributed by atoms with E-state index in [0.717, 1.165) is 24.2 Å². The number of nitrogens with zero attached hydrogens (tertiary/aromatic N) is 1. The van der Waals surface area contributed by atoms with Gasteiger partial charge in [0.15, 0.2) is 5.76 Å². The Balaban J connectivity index is 1.83. The van der Waals surface area contributed by atoms with Gasteiger partial charge in [-0.25, -0.2) is 4.39 Å². The molecule has 0 radical (unpaired) electrons. The summed E-state index contributed by atoms with van der Waals surface area (Å²) in [6, 6.07) is 11.5.